The van der Waals surface area contributed by atoms with E-state index in [0.29, 0.717) is 13.2 Å². The van der Waals surface area contributed by atoms with Crippen LogP contribution in [0.25, 0.3) is 0 Å². The summed E-state index contributed by atoms with van der Waals surface area (Å²) in [6.07, 6.45) is 2.98. The van der Waals surface area contributed by atoms with E-state index in [1.54, 1.807) is 6.08 Å². The lowest BCUT2D eigenvalue weighted by atomic mass is 10.2. The van der Waals surface area contributed by atoms with E-state index in [1.165, 1.54) is 12.1 Å². The van der Waals surface area contributed by atoms with Crippen molar-refractivity contribution in [1.29, 1.82) is 0 Å². The Labute approximate surface area is 143 Å². The van der Waals surface area contributed by atoms with E-state index in [-0.39, 0.29) is 11.7 Å². The highest BCUT2D eigenvalue weighted by molar-refractivity contribution is 5.82. The maximum atomic E-state index is 13.0. The van der Waals surface area contributed by atoms with Crippen molar-refractivity contribution in [1.82, 2.24) is 9.80 Å². The van der Waals surface area contributed by atoms with Crippen LogP contribution >= 0.6 is 0 Å². The lowest BCUT2D eigenvalue weighted by molar-refractivity contribution is -0.140. The summed E-state index contributed by atoms with van der Waals surface area (Å²) in [4.78, 5) is 16.5. The molecule has 0 radical (unpaired) electrons. The second-order valence-electron chi connectivity index (χ2n) is 6.05. The molecule has 1 heterocycles. The lowest BCUT2D eigenvalue weighted by Gasteiger charge is -2.24. The van der Waals surface area contributed by atoms with Gasteiger partial charge in [0.1, 0.15) is 5.82 Å². The molecule has 1 aliphatic heterocycles. The summed E-state index contributed by atoms with van der Waals surface area (Å²) in [5, 5.41) is 0. The summed E-state index contributed by atoms with van der Waals surface area (Å²) in [6.45, 7) is 10.0. The Hall–Kier alpha value is -1.72. The van der Waals surface area contributed by atoms with Gasteiger partial charge in [0.15, 0.2) is 6.10 Å². The van der Waals surface area contributed by atoms with Crippen LogP contribution in [0, 0.1) is 5.82 Å². The molecule has 4 nitrogen and oxygen atoms in total. The molecule has 1 amide bonds. The zero-order chi connectivity index (χ0) is 17.4. The fourth-order valence-corrected chi connectivity index (χ4v) is 2.91. The summed E-state index contributed by atoms with van der Waals surface area (Å²) in [5.74, 6) is -0.217. The average Bonchev–Trinajstić information content (AvgIpc) is 2.62. The van der Waals surface area contributed by atoms with E-state index in [1.807, 2.05) is 24.0 Å². The monoisotopic (exact) mass is 334 g/mol. The van der Waals surface area contributed by atoms with Crippen molar-refractivity contribution in [3.63, 3.8) is 0 Å². The van der Waals surface area contributed by atoms with Crippen LogP contribution in [0.3, 0.4) is 0 Å². The minimum absolute atomic E-state index is 0.000477. The van der Waals surface area contributed by atoms with Gasteiger partial charge in [-0.3, -0.25) is 9.69 Å². The molecule has 2 rings (SSSR count). The van der Waals surface area contributed by atoms with Crippen molar-refractivity contribution >= 4 is 5.91 Å². The predicted molar refractivity (Wildman–Crippen MR) is 93.1 cm³/mol. The van der Waals surface area contributed by atoms with Crippen LogP contribution < -0.4 is 0 Å². The van der Waals surface area contributed by atoms with Crippen LogP contribution in [0.1, 0.15) is 25.3 Å². The third kappa shape index (κ3) is 5.42. The molecule has 1 aromatic rings. The van der Waals surface area contributed by atoms with E-state index < -0.39 is 6.10 Å². The Balaban J connectivity index is 1.99. The maximum absolute atomic E-state index is 13.0. The fraction of sp³-hybridized carbons (Fsp3) is 0.526. The molecule has 0 saturated carbocycles. The number of ether oxygens (including phenoxy) is 1. The minimum Gasteiger partial charge on any atom is -0.363 e. The molecule has 0 spiro atoms. The van der Waals surface area contributed by atoms with Gasteiger partial charge >= 0.3 is 0 Å². The molecule has 24 heavy (non-hydrogen) atoms. The first-order chi connectivity index (χ1) is 11.6. The van der Waals surface area contributed by atoms with Crippen molar-refractivity contribution in [2.45, 2.75) is 32.4 Å². The number of nitrogens with zero attached hydrogens (tertiary/aromatic N) is 2. The van der Waals surface area contributed by atoms with Gasteiger partial charge in [0.05, 0.1) is 6.61 Å². The fourth-order valence-electron chi connectivity index (χ4n) is 2.91. The Morgan fingerprint density at radius 3 is 2.62 bits per heavy atom. The molecule has 1 aliphatic rings. The number of benzene rings is 1. The molecular formula is C19H27FN2O2. The zero-order valence-corrected chi connectivity index (χ0v) is 14.4. The van der Waals surface area contributed by atoms with E-state index in [2.05, 4.69) is 11.5 Å². The molecule has 0 aromatic heterocycles. The maximum Gasteiger partial charge on any atom is 0.255 e. The van der Waals surface area contributed by atoms with Crippen LogP contribution in [0.5, 0.6) is 0 Å². The van der Waals surface area contributed by atoms with Gasteiger partial charge in [0.2, 0.25) is 0 Å². The molecule has 0 N–H and O–H groups in total. The third-order valence-electron chi connectivity index (χ3n) is 4.33. The van der Waals surface area contributed by atoms with Gasteiger partial charge in [-0.05, 0) is 44.0 Å². The Kier molecular flexibility index (Phi) is 7.40. The number of hydrogen-bond donors (Lipinski definition) is 0. The van der Waals surface area contributed by atoms with E-state index in [4.69, 9.17) is 4.74 Å². The van der Waals surface area contributed by atoms with Crippen molar-refractivity contribution in [3.8, 4) is 0 Å². The zero-order valence-electron chi connectivity index (χ0n) is 14.4. The highest BCUT2D eigenvalue weighted by Crippen LogP contribution is 2.11. The van der Waals surface area contributed by atoms with Gasteiger partial charge < -0.3 is 9.64 Å². The molecular weight excluding hydrogens is 307 g/mol. The number of likely N-dealkylation sites (N-methyl/N-ethyl adjacent to an activating group) is 1. The predicted octanol–water partition coefficient (Wildman–Crippen LogP) is 2.84. The number of carbonyl (C=O) groups is 1. The van der Waals surface area contributed by atoms with Crippen molar-refractivity contribution in [3.05, 3.63) is 48.3 Å². The number of carbonyl (C=O) groups excluding carboxylic acids is 1. The Morgan fingerprint density at radius 2 is 1.96 bits per heavy atom. The van der Waals surface area contributed by atoms with Crippen LogP contribution in [0.15, 0.2) is 36.9 Å². The van der Waals surface area contributed by atoms with Crippen molar-refractivity contribution in [2.24, 2.45) is 0 Å². The number of rotatable bonds is 4. The van der Waals surface area contributed by atoms with E-state index in [0.717, 1.165) is 44.6 Å². The summed E-state index contributed by atoms with van der Waals surface area (Å²) in [5.41, 5.74) is 1.08. The van der Waals surface area contributed by atoms with E-state index >= 15 is 0 Å². The summed E-state index contributed by atoms with van der Waals surface area (Å²) in [6, 6.07) is 6.61. The summed E-state index contributed by atoms with van der Waals surface area (Å²) >= 11 is 0. The second-order valence-corrected chi connectivity index (χ2v) is 6.05. The molecule has 1 saturated heterocycles. The molecule has 1 fully saturated rings. The first-order valence-corrected chi connectivity index (χ1v) is 8.63. The van der Waals surface area contributed by atoms with E-state index in [9.17, 15) is 9.18 Å². The smallest absolute Gasteiger partial charge is 0.255 e. The lowest BCUT2D eigenvalue weighted by Crippen LogP contribution is -2.40. The first-order valence-electron chi connectivity index (χ1n) is 8.63. The number of halogens is 1. The van der Waals surface area contributed by atoms with Gasteiger partial charge in [-0.2, -0.15) is 0 Å². The molecule has 0 bridgehead atoms. The largest absolute Gasteiger partial charge is 0.363 e. The average molecular weight is 334 g/mol. The van der Waals surface area contributed by atoms with Crippen molar-refractivity contribution < 1.29 is 13.9 Å². The van der Waals surface area contributed by atoms with Gasteiger partial charge in [-0.15, -0.1) is 0 Å². The first kappa shape index (κ1) is 18.6. The van der Waals surface area contributed by atoms with Gasteiger partial charge in [0, 0.05) is 26.2 Å². The molecule has 132 valence electrons. The Morgan fingerprint density at radius 1 is 1.25 bits per heavy atom. The normalized spacial score (nSPS) is 21.3. The topological polar surface area (TPSA) is 32.8 Å². The Bertz CT molecular complexity index is 533. The van der Waals surface area contributed by atoms with Crippen LogP contribution in [-0.2, 0) is 16.1 Å². The van der Waals surface area contributed by atoms with Crippen LogP contribution in [-0.4, -0.2) is 54.6 Å². The molecule has 1 aromatic carbocycles. The summed E-state index contributed by atoms with van der Waals surface area (Å²) < 4.78 is 18.8. The standard InChI is InChI=1S/C19H27FN2O2/c1-3-18-19(23)22(4-2)12-6-5-11-21(13-14-24-18)15-16-7-9-17(20)10-8-16/h3,7-10,18H,1,4-6,11-15H2,2H3/t18-/m0/s1. The molecule has 0 unspecified atom stereocenters. The molecule has 0 aliphatic carbocycles. The molecule has 5 heteroatoms. The van der Waals surface area contributed by atoms with Crippen LogP contribution in [0.4, 0.5) is 4.39 Å². The second kappa shape index (κ2) is 9.55. The summed E-state index contributed by atoms with van der Waals surface area (Å²) in [7, 11) is 0. The minimum atomic E-state index is -0.573. The molecule has 1 atom stereocenters. The van der Waals surface area contributed by atoms with Gasteiger partial charge in [-0.25, -0.2) is 4.39 Å². The SMILES string of the molecule is C=C[C@@H]1OCCN(Cc2ccc(F)cc2)CCCCN(CC)C1=O. The van der Waals surface area contributed by atoms with Crippen molar-refractivity contribution in [2.75, 3.05) is 32.8 Å². The van der Waals surface area contributed by atoms with Gasteiger partial charge in [-0.1, -0.05) is 24.8 Å². The number of amides is 1. The van der Waals surface area contributed by atoms with Gasteiger partial charge in [0.25, 0.3) is 5.91 Å². The number of hydrogen-bond acceptors (Lipinski definition) is 3. The quantitative estimate of drug-likeness (QED) is 0.794. The highest BCUT2D eigenvalue weighted by Gasteiger charge is 2.22. The third-order valence-corrected chi connectivity index (χ3v) is 4.33. The van der Waals surface area contributed by atoms with Crippen LogP contribution in [0.2, 0.25) is 0 Å². The highest BCUT2D eigenvalue weighted by atomic mass is 19.1.